The largest absolute Gasteiger partial charge is 0.309 e. The molecule has 0 saturated heterocycles. The number of carbonyl (C=O) groups is 1. The molecule has 0 aliphatic heterocycles. The molecule has 0 aliphatic rings. The lowest BCUT2D eigenvalue weighted by Gasteiger charge is -2.19. The van der Waals surface area contributed by atoms with Crippen LogP contribution in [0.1, 0.15) is 17.5 Å². The van der Waals surface area contributed by atoms with Gasteiger partial charge in [-0.25, -0.2) is 4.98 Å². The Morgan fingerprint density at radius 3 is 2.67 bits per heavy atom. The first-order chi connectivity index (χ1) is 14.3. The number of nitro groups is 1. The molecule has 1 heterocycles. The molecular weight excluding hydrogens is 400 g/mol. The molecule has 0 N–H and O–H groups in total. The van der Waals surface area contributed by atoms with Crippen LogP contribution in [0, 0.1) is 17.0 Å². The van der Waals surface area contributed by atoms with Crippen molar-refractivity contribution in [1.82, 2.24) is 9.88 Å². The molecule has 1 aromatic heterocycles. The predicted molar refractivity (Wildman–Crippen MR) is 122 cm³/mol. The van der Waals surface area contributed by atoms with E-state index in [1.807, 2.05) is 39.2 Å². The topological polar surface area (TPSA) is 79.6 Å². The van der Waals surface area contributed by atoms with Gasteiger partial charge in [0.1, 0.15) is 0 Å². The summed E-state index contributed by atoms with van der Waals surface area (Å²) in [6, 6.07) is 12.2. The SMILES string of the molecule is Cc1cccc2sc(N(CCCN(C)C)C(=O)C=Cc3cccc([N+](=O)[O-])c3)nc12. The Morgan fingerprint density at radius 2 is 1.97 bits per heavy atom. The molecule has 7 nitrogen and oxygen atoms in total. The van der Waals surface area contributed by atoms with Gasteiger partial charge in [-0.3, -0.25) is 19.8 Å². The lowest BCUT2D eigenvalue weighted by molar-refractivity contribution is -0.384. The molecule has 0 radical (unpaired) electrons. The van der Waals surface area contributed by atoms with Crippen LogP contribution in [0.3, 0.4) is 0 Å². The molecule has 0 aliphatic carbocycles. The Morgan fingerprint density at radius 1 is 1.20 bits per heavy atom. The van der Waals surface area contributed by atoms with Crippen LogP contribution in [-0.2, 0) is 4.79 Å². The van der Waals surface area contributed by atoms with Crippen LogP contribution >= 0.6 is 11.3 Å². The smallest absolute Gasteiger partial charge is 0.270 e. The van der Waals surface area contributed by atoms with Crippen LogP contribution in [0.5, 0.6) is 0 Å². The van der Waals surface area contributed by atoms with Gasteiger partial charge >= 0.3 is 0 Å². The van der Waals surface area contributed by atoms with Crippen molar-refractivity contribution in [2.45, 2.75) is 13.3 Å². The summed E-state index contributed by atoms with van der Waals surface area (Å²) in [5.74, 6) is -0.197. The van der Waals surface area contributed by atoms with E-state index in [9.17, 15) is 14.9 Å². The average Bonchev–Trinajstić information content (AvgIpc) is 3.14. The number of rotatable bonds is 8. The number of para-hydroxylation sites is 1. The van der Waals surface area contributed by atoms with Crippen molar-refractivity contribution in [3.8, 4) is 0 Å². The third-order valence-electron chi connectivity index (χ3n) is 4.59. The maximum atomic E-state index is 13.0. The van der Waals surface area contributed by atoms with Gasteiger partial charge in [-0.05, 0) is 57.3 Å². The average molecular weight is 425 g/mol. The molecular formula is C22H24N4O3S. The summed E-state index contributed by atoms with van der Waals surface area (Å²) in [7, 11) is 3.99. The molecule has 3 rings (SSSR count). The Bertz CT molecular complexity index is 1090. The highest BCUT2D eigenvalue weighted by molar-refractivity contribution is 7.22. The highest BCUT2D eigenvalue weighted by Crippen LogP contribution is 2.31. The number of fused-ring (bicyclic) bond motifs is 1. The first-order valence-electron chi connectivity index (χ1n) is 9.60. The number of amides is 1. The molecule has 30 heavy (non-hydrogen) atoms. The normalized spacial score (nSPS) is 11.5. The van der Waals surface area contributed by atoms with Gasteiger partial charge in [0.05, 0.1) is 15.1 Å². The zero-order chi connectivity index (χ0) is 21.7. The summed E-state index contributed by atoms with van der Waals surface area (Å²) in [4.78, 5) is 32.0. The number of anilines is 1. The van der Waals surface area contributed by atoms with Crippen molar-refractivity contribution in [3.05, 3.63) is 69.8 Å². The van der Waals surface area contributed by atoms with Gasteiger partial charge in [0, 0.05) is 24.8 Å². The van der Waals surface area contributed by atoms with Crippen LogP contribution < -0.4 is 4.90 Å². The number of aryl methyl sites for hydroxylation is 1. The third kappa shape index (κ3) is 5.28. The van der Waals surface area contributed by atoms with Gasteiger partial charge in [0.25, 0.3) is 11.6 Å². The van der Waals surface area contributed by atoms with E-state index in [-0.39, 0.29) is 11.6 Å². The summed E-state index contributed by atoms with van der Waals surface area (Å²) < 4.78 is 1.04. The number of nitrogens with zero attached hydrogens (tertiary/aromatic N) is 4. The van der Waals surface area contributed by atoms with Crippen molar-refractivity contribution in [2.24, 2.45) is 0 Å². The first kappa shape index (κ1) is 21.6. The first-order valence-corrected chi connectivity index (χ1v) is 10.4. The second kappa shape index (κ2) is 9.60. The van der Waals surface area contributed by atoms with E-state index in [2.05, 4.69) is 4.90 Å². The lowest BCUT2D eigenvalue weighted by Crippen LogP contribution is -2.32. The van der Waals surface area contributed by atoms with Crippen molar-refractivity contribution in [1.29, 1.82) is 0 Å². The van der Waals surface area contributed by atoms with E-state index in [0.29, 0.717) is 17.2 Å². The molecule has 156 valence electrons. The fourth-order valence-corrected chi connectivity index (χ4v) is 4.11. The Labute approximate surface area is 179 Å². The fraction of sp³-hybridized carbons (Fsp3) is 0.273. The minimum absolute atomic E-state index is 0.00548. The highest BCUT2D eigenvalue weighted by Gasteiger charge is 2.18. The molecule has 8 heteroatoms. The van der Waals surface area contributed by atoms with Crippen LogP contribution in [0.2, 0.25) is 0 Å². The third-order valence-corrected chi connectivity index (χ3v) is 5.64. The number of hydrogen-bond acceptors (Lipinski definition) is 6. The van der Waals surface area contributed by atoms with E-state index < -0.39 is 4.92 Å². The summed E-state index contributed by atoms with van der Waals surface area (Å²) in [6.45, 7) is 3.39. The molecule has 2 aromatic carbocycles. The van der Waals surface area contributed by atoms with Crippen LogP contribution in [0.25, 0.3) is 16.3 Å². The summed E-state index contributed by atoms with van der Waals surface area (Å²) in [5, 5.41) is 11.6. The van der Waals surface area contributed by atoms with Crippen molar-refractivity contribution in [3.63, 3.8) is 0 Å². The second-order valence-corrected chi connectivity index (χ2v) is 8.26. The molecule has 3 aromatic rings. The molecule has 1 amide bonds. The Kier molecular flexibility index (Phi) is 6.91. The van der Waals surface area contributed by atoms with Gasteiger partial charge < -0.3 is 4.90 Å². The number of nitro benzene ring substituents is 1. The summed E-state index contributed by atoms with van der Waals surface area (Å²) in [6.07, 6.45) is 3.86. The van der Waals surface area contributed by atoms with Gasteiger partial charge in [0.2, 0.25) is 0 Å². The standard InChI is InChI=1S/C22H24N4O3S/c1-16-7-4-10-19-21(16)23-22(30-19)25(14-6-13-24(2)3)20(27)12-11-17-8-5-9-18(15-17)26(28)29/h4-5,7-12,15H,6,13-14H2,1-3H3. The van der Waals surface area contributed by atoms with Crippen molar-refractivity contribution >= 4 is 44.4 Å². The maximum absolute atomic E-state index is 13.0. The van der Waals surface area contributed by atoms with Gasteiger partial charge in [-0.1, -0.05) is 35.6 Å². The van der Waals surface area contributed by atoms with Crippen LogP contribution in [-0.4, -0.2) is 47.9 Å². The molecule has 0 unspecified atom stereocenters. The number of benzene rings is 2. The second-order valence-electron chi connectivity index (χ2n) is 7.25. The van der Waals surface area contributed by atoms with E-state index in [1.165, 1.54) is 29.5 Å². The Balaban J connectivity index is 1.87. The quantitative estimate of drug-likeness (QED) is 0.302. The minimum Gasteiger partial charge on any atom is -0.309 e. The summed E-state index contributed by atoms with van der Waals surface area (Å²) >= 11 is 1.49. The van der Waals surface area contributed by atoms with E-state index >= 15 is 0 Å². The van der Waals surface area contributed by atoms with Gasteiger partial charge in [-0.15, -0.1) is 0 Å². The molecule has 0 bridgehead atoms. The molecule has 0 saturated carbocycles. The number of thiazole rings is 1. The van der Waals surface area contributed by atoms with Crippen LogP contribution in [0.15, 0.2) is 48.5 Å². The van der Waals surface area contributed by atoms with E-state index in [1.54, 1.807) is 23.1 Å². The van der Waals surface area contributed by atoms with Gasteiger partial charge in [-0.2, -0.15) is 0 Å². The zero-order valence-corrected chi connectivity index (χ0v) is 18.1. The number of non-ortho nitro benzene ring substituents is 1. The number of hydrogen-bond donors (Lipinski definition) is 0. The molecule has 0 fully saturated rings. The molecule has 0 spiro atoms. The fourth-order valence-electron chi connectivity index (χ4n) is 3.03. The highest BCUT2D eigenvalue weighted by atomic mass is 32.1. The zero-order valence-electron chi connectivity index (χ0n) is 17.2. The van der Waals surface area contributed by atoms with E-state index in [4.69, 9.17) is 4.98 Å². The lowest BCUT2D eigenvalue weighted by atomic mass is 10.2. The van der Waals surface area contributed by atoms with E-state index in [0.717, 1.165) is 28.7 Å². The number of aromatic nitrogens is 1. The van der Waals surface area contributed by atoms with Crippen molar-refractivity contribution < 1.29 is 9.72 Å². The monoisotopic (exact) mass is 424 g/mol. The minimum atomic E-state index is -0.448. The van der Waals surface area contributed by atoms with Crippen molar-refractivity contribution in [2.75, 3.05) is 32.1 Å². The predicted octanol–water partition coefficient (Wildman–Crippen LogP) is 4.51. The maximum Gasteiger partial charge on any atom is 0.270 e. The molecule has 0 atom stereocenters. The number of carbonyl (C=O) groups excluding carboxylic acids is 1. The Hall–Kier alpha value is -3.10. The van der Waals surface area contributed by atoms with Gasteiger partial charge in [0.15, 0.2) is 5.13 Å². The summed E-state index contributed by atoms with van der Waals surface area (Å²) in [5.41, 5.74) is 2.58. The van der Waals surface area contributed by atoms with Crippen LogP contribution in [0.4, 0.5) is 10.8 Å².